The van der Waals surface area contributed by atoms with Gasteiger partial charge < -0.3 is 9.88 Å². The minimum Gasteiger partial charge on any atom is -0.332 e. The lowest BCUT2D eigenvalue weighted by molar-refractivity contribution is 0.393. The third-order valence-corrected chi connectivity index (χ3v) is 6.52. The maximum atomic E-state index is 4.37. The number of piperidine rings is 1. The molecule has 2 atom stereocenters. The number of imidazole rings is 1. The summed E-state index contributed by atoms with van der Waals surface area (Å²) in [6.07, 6.45) is 8.00. The Bertz CT molecular complexity index is 368. The summed E-state index contributed by atoms with van der Waals surface area (Å²) in [7, 11) is 0. The molecular formula is C13H21N3S2. The number of aromatic nitrogens is 2. The van der Waals surface area contributed by atoms with Crippen LogP contribution in [-0.2, 0) is 6.54 Å². The fourth-order valence-electron chi connectivity index (χ4n) is 2.74. The van der Waals surface area contributed by atoms with Crippen LogP contribution in [-0.4, -0.2) is 38.6 Å². The molecule has 0 radical (unpaired) electrons. The normalized spacial score (nSPS) is 29.3. The van der Waals surface area contributed by atoms with Crippen molar-refractivity contribution in [3.8, 4) is 0 Å². The zero-order chi connectivity index (χ0) is 12.2. The minimum atomic E-state index is 0.530. The molecule has 2 unspecified atom stereocenters. The summed E-state index contributed by atoms with van der Waals surface area (Å²) in [5.41, 5.74) is 1.39. The fraction of sp³-hybridized carbons (Fsp3) is 0.769. The molecule has 1 N–H and O–H groups in total. The summed E-state index contributed by atoms with van der Waals surface area (Å²) in [5, 5.41) is 4.39. The Morgan fingerprint density at radius 3 is 3.17 bits per heavy atom. The van der Waals surface area contributed by atoms with Crippen LogP contribution in [0.25, 0.3) is 0 Å². The molecule has 0 bridgehead atoms. The van der Waals surface area contributed by atoms with Gasteiger partial charge in [-0.2, -0.15) is 23.5 Å². The number of nitrogens with one attached hydrogen (secondary N) is 1. The second-order valence-corrected chi connectivity index (χ2v) is 7.60. The molecular weight excluding hydrogens is 262 g/mol. The van der Waals surface area contributed by atoms with Crippen molar-refractivity contribution in [2.45, 2.75) is 37.1 Å². The van der Waals surface area contributed by atoms with Gasteiger partial charge in [0.1, 0.15) is 0 Å². The predicted molar refractivity (Wildman–Crippen MR) is 80.4 cm³/mol. The van der Waals surface area contributed by atoms with Crippen molar-refractivity contribution in [1.82, 2.24) is 14.9 Å². The van der Waals surface area contributed by atoms with Gasteiger partial charge in [0.25, 0.3) is 0 Å². The largest absolute Gasteiger partial charge is 0.332 e. The Morgan fingerprint density at radius 2 is 2.39 bits per heavy atom. The molecule has 100 valence electrons. The van der Waals surface area contributed by atoms with E-state index in [0.717, 1.165) is 18.3 Å². The van der Waals surface area contributed by atoms with Gasteiger partial charge in [0.15, 0.2) is 0 Å². The number of nitrogens with zero attached hydrogens (tertiary/aromatic N) is 2. The summed E-state index contributed by atoms with van der Waals surface area (Å²) in [5.74, 6) is 3.92. The first kappa shape index (κ1) is 12.9. The van der Waals surface area contributed by atoms with Gasteiger partial charge in [0.05, 0.1) is 12.0 Å². The van der Waals surface area contributed by atoms with Crippen LogP contribution in [0.5, 0.6) is 0 Å². The highest BCUT2D eigenvalue weighted by Crippen LogP contribution is 2.27. The van der Waals surface area contributed by atoms with Gasteiger partial charge in [0, 0.05) is 41.3 Å². The second kappa shape index (κ2) is 6.35. The second-order valence-electron chi connectivity index (χ2n) is 5.04. The van der Waals surface area contributed by atoms with Crippen molar-refractivity contribution >= 4 is 23.5 Å². The van der Waals surface area contributed by atoms with Crippen LogP contribution in [0.2, 0.25) is 0 Å². The van der Waals surface area contributed by atoms with Crippen molar-refractivity contribution in [1.29, 1.82) is 0 Å². The molecule has 0 spiro atoms. The van der Waals surface area contributed by atoms with Crippen molar-refractivity contribution in [2.24, 2.45) is 0 Å². The SMILES string of the molecule is c1ncn(CC2CSCCS2)c1C1CCCCN1. The Balaban J connectivity index is 1.66. The van der Waals surface area contributed by atoms with Gasteiger partial charge in [-0.3, -0.25) is 0 Å². The summed E-state index contributed by atoms with van der Waals surface area (Å²) in [6.45, 7) is 2.29. The van der Waals surface area contributed by atoms with Gasteiger partial charge in [0.2, 0.25) is 0 Å². The lowest BCUT2D eigenvalue weighted by Gasteiger charge is -2.27. The number of hydrogen-bond acceptors (Lipinski definition) is 4. The molecule has 2 fully saturated rings. The van der Waals surface area contributed by atoms with E-state index in [1.165, 1.54) is 42.2 Å². The average Bonchev–Trinajstić information content (AvgIpc) is 2.89. The predicted octanol–water partition coefficient (Wildman–Crippen LogP) is 2.55. The van der Waals surface area contributed by atoms with Crippen LogP contribution in [0.4, 0.5) is 0 Å². The lowest BCUT2D eigenvalue weighted by Crippen LogP contribution is -2.30. The molecule has 2 aliphatic rings. The summed E-state index contributed by atoms with van der Waals surface area (Å²) < 4.78 is 2.38. The van der Waals surface area contributed by atoms with Crippen molar-refractivity contribution in [2.75, 3.05) is 23.8 Å². The van der Waals surface area contributed by atoms with E-state index in [4.69, 9.17) is 0 Å². The highest BCUT2D eigenvalue weighted by Gasteiger charge is 2.21. The highest BCUT2D eigenvalue weighted by atomic mass is 32.2. The molecule has 1 aromatic heterocycles. The summed E-state index contributed by atoms with van der Waals surface area (Å²) >= 11 is 4.22. The fourth-order valence-corrected chi connectivity index (χ4v) is 5.40. The minimum absolute atomic E-state index is 0.530. The molecule has 2 saturated heterocycles. The first-order chi connectivity index (χ1) is 8.93. The molecule has 0 aliphatic carbocycles. The standard InChI is InChI=1S/C13H21N3S2/c1-2-4-15-12(3-1)13-7-14-10-16(13)8-11-9-17-5-6-18-11/h7,10-12,15H,1-6,8-9H2. The van der Waals surface area contributed by atoms with E-state index >= 15 is 0 Å². The first-order valence-electron chi connectivity index (χ1n) is 6.86. The molecule has 3 rings (SSSR count). The van der Waals surface area contributed by atoms with E-state index in [0.29, 0.717) is 6.04 Å². The monoisotopic (exact) mass is 283 g/mol. The van der Waals surface area contributed by atoms with E-state index in [2.05, 4.69) is 44.6 Å². The van der Waals surface area contributed by atoms with E-state index in [1.54, 1.807) is 0 Å². The van der Waals surface area contributed by atoms with Crippen LogP contribution in [0.1, 0.15) is 31.0 Å². The van der Waals surface area contributed by atoms with Crippen LogP contribution >= 0.6 is 23.5 Å². The van der Waals surface area contributed by atoms with Crippen molar-refractivity contribution < 1.29 is 0 Å². The Labute approximate surface area is 118 Å². The topological polar surface area (TPSA) is 29.9 Å². The molecule has 1 aromatic rings. The lowest BCUT2D eigenvalue weighted by atomic mass is 10.0. The molecule has 2 aliphatic heterocycles. The molecule has 18 heavy (non-hydrogen) atoms. The van der Waals surface area contributed by atoms with Crippen LogP contribution < -0.4 is 5.32 Å². The van der Waals surface area contributed by atoms with Gasteiger partial charge in [-0.05, 0) is 19.4 Å². The first-order valence-corrected chi connectivity index (χ1v) is 9.06. The van der Waals surface area contributed by atoms with Crippen LogP contribution in [0.3, 0.4) is 0 Å². The zero-order valence-electron chi connectivity index (χ0n) is 10.7. The van der Waals surface area contributed by atoms with E-state index in [-0.39, 0.29) is 0 Å². The quantitative estimate of drug-likeness (QED) is 0.923. The Hall–Kier alpha value is -0.130. The maximum absolute atomic E-state index is 4.37. The number of thioether (sulfide) groups is 2. The van der Waals surface area contributed by atoms with Gasteiger partial charge >= 0.3 is 0 Å². The molecule has 3 nitrogen and oxygen atoms in total. The Kier molecular flexibility index (Phi) is 4.54. The third kappa shape index (κ3) is 3.06. The molecule has 0 saturated carbocycles. The number of rotatable bonds is 3. The third-order valence-electron chi connectivity index (χ3n) is 3.70. The Morgan fingerprint density at radius 1 is 1.39 bits per heavy atom. The molecule has 5 heteroatoms. The molecule has 0 aromatic carbocycles. The summed E-state index contributed by atoms with van der Waals surface area (Å²) in [4.78, 5) is 4.37. The highest BCUT2D eigenvalue weighted by molar-refractivity contribution is 8.06. The molecule has 3 heterocycles. The zero-order valence-corrected chi connectivity index (χ0v) is 12.3. The van der Waals surface area contributed by atoms with Gasteiger partial charge in [-0.15, -0.1) is 0 Å². The number of hydrogen-bond donors (Lipinski definition) is 1. The van der Waals surface area contributed by atoms with E-state index < -0.39 is 0 Å². The smallest absolute Gasteiger partial charge is 0.0949 e. The van der Waals surface area contributed by atoms with Gasteiger partial charge in [-0.25, -0.2) is 4.98 Å². The van der Waals surface area contributed by atoms with Crippen LogP contribution in [0.15, 0.2) is 12.5 Å². The van der Waals surface area contributed by atoms with Crippen molar-refractivity contribution in [3.63, 3.8) is 0 Å². The molecule has 0 amide bonds. The van der Waals surface area contributed by atoms with E-state index in [1.807, 2.05) is 6.33 Å². The average molecular weight is 283 g/mol. The van der Waals surface area contributed by atoms with Crippen LogP contribution in [0, 0.1) is 0 Å². The van der Waals surface area contributed by atoms with Crippen molar-refractivity contribution in [3.05, 3.63) is 18.2 Å². The summed E-state index contributed by atoms with van der Waals surface area (Å²) in [6, 6.07) is 0.530. The van der Waals surface area contributed by atoms with Gasteiger partial charge in [-0.1, -0.05) is 6.42 Å². The maximum Gasteiger partial charge on any atom is 0.0949 e. The van der Waals surface area contributed by atoms with E-state index in [9.17, 15) is 0 Å².